The lowest BCUT2D eigenvalue weighted by atomic mass is 9.99. The summed E-state index contributed by atoms with van der Waals surface area (Å²) in [5, 5.41) is 6.95. The molecule has 1 aliphatic rings. The maximum Gasteiger partial charge on any atom is 0.227 e. The molecule has 1 aliphatic heterocycles. The van der Waals surface area contributed by atoms with Gasteiger partial charge in [0.2, 0.25) is 5.91 Å². The van der Waals surface area contributed by atoms with E-state index in [1.807, 2.05) is 30.3 Å². The van der Waals surface area contributed by atoms with E-state index in [2.05, 4.69) is 21.7 Å². The van der Waals surface area contributed by atoms with Gasteiger partial charge in [0.15, 0.2) is 0 Å². The molecule has 0 saturated carbocycles. The molecule has 1 fully saturated rings. The molecule has 0 unspecified atom stereocenters. The predicted octanol–water partition coefficient (Wildman–Crippen LogP) is 3.75. The molecule has 1 aromatic carbocycles. The maximum atomic E-state index is 12.2. The van der Waals surface area contributed by atoms with E-state index < -0.39 is 0 Å². The molecule has 0 bridgehead atoms. The summed E-state index contributed by atoms with van der Waals surface area (Å²) in [4.78, 5) is 16.5. The van der Waals surface area contributed by atoms with Crippen LogP contribution in [0.15, 0.2) is 42.6 Å². The quantitative estimate of drug-likeness (QED) is 0.824. The first-order chi connectivity index (χ1) is 12.2. The van der Waals surface area contributed by atoms with Crippen LogP contribution in [-0.2, 0) is 16.0 Å². The number of hydrogen-bond acceptors (Lipinski definition) is 4. The first kappa shape index (κ1) is 17.7. The van der Waals surface area contributed by atoms with Crippen LogP contribution in [0.4, 0.5) is 11.5 Å². The molecule has 1 aromatic heterocycles. The molecule has 132 valence electrons. The zero-order valence-electron chi connectivity index (χ0n) is 14.0. The highest BCUT2D eigenvalue weighted by Gasteiger charge is 2.21. The van der Waals surface area contributed by atoms with Gasteiger partial charge in [-0.2, -0.15) is 0 Å². The Morgan fingerprint density at radius 3 is 2.80 bits per heavy atom. The van der Waals surface area contributed by atoms with Crippen molar-refractivity contribution >= 4 is 29.0 Å². The van der Waals surface area contributed by atoms with Gasteiger partial charge in [0.05, 0.1) is 11.9 Å². The van der Waals surface area contributed by atoms with E-state index >= 15 is 0 Å². The number of carbonyl (C=O) groups excluding carboxylic acids is 1. The van der Waals surface area contributed by atoms with Gasteiger partial charge >= 0.3 is 0 Å². The molecule has 2 N–H and O–H groups in total. The van der Waals surface area contributed by atoms with Crippen LogP contribution in [0.2, 0.25) is 5.02 Å². The van der Waals surface area contributed by atoms with Gasteiger partial charge in [0.25, 0.3) is 0 Å². The third-order valence-corrected chi connectivity index (χ3v) is 4.47. The van der Waals surface area contributed by atoms with Crippen LogP contribution in [0.3, 0.4) is 0 Å². The average molecular weight is 360 g/mol. The summed E-state index contributed by atoms with van der Waals surface area (Å²) in [6.07, 6.45) is 4.11. The van der Waals surface area contributed by atoms with Crippen molar-refractivity contribution in [1.82, 2.24) is 4.98 Å². The van der Waals surface area contributed by atoms with Crippen molar-refractivity contribution in [2.45, 2.75) is 19.3 Å². The smallest absolute Gasteiger partial charge is 0.227 e. The lowest BCUT2D eigenvalue weighted by Crippen LogP contribution is -2.28. The summed E-state index contributed by atoms with van der Waals surface area (Å²) in [5.74, 6) is 0.863. The minimum Gasteiger partial charge on any atom is -0.381 e. The Kier molecular flexibility index (Phi) is 6.25. The van der Waals surface area contributed by atoms with Crippen LogP contribution in [0.5, 0.6) is 0 Å². The fourth-order valence-electron chi connectivity index (χ4n) is 2.80. The zero-order chi connectivity index (χ0) is 17.5. The van der Waals surface area contributed by atoms with E-state index in [4.69, 9.17) is 16.3 Å². The largest absolute Gasteiger partial charge is 0.381 e. The Bertz CT molecular complexity index is 700. The van der Waals surface area contributed by atoms with Crippen LogP contribution in [0.1, 0.15) is 18.4 Å². The maximum absolute atomic E-state index is 12.2. The minimum atomic E-state index is 0.0317. The molecule has 0 aliphatic carbocycles. The first-order valence-corrected chi connectivity index (χ1v) is 8.91. The summed E-state index contributed by atoms with van der Waals surface area (Å²) in [6.45, 7) is 2.08. The van der Waals surface area contributed by atoms with E-state index in [9.17, 15) is 4.79 Å². The van der Waals surface area contributed by atoms with E-state index in [1.54, 1.807) is 6.20 Å². The minimum absolute atomic E-state index is 0.0317. The van der Waals surface area contributed by atoms with Crippen molar-refractivity contribution in [3.05, 3.63) is 53.2 Å². The van der Waals surface area contributed by atoms with Gasteiger partial charge in [-0.3, -0.25) is 4.79 Å². The highest BCUT2D eigenvalue weighted by molar-refractivity contribution is 6.30. The molecule has 0 atom stereocenters. The Hall–Kier alpha value is -2.11. The molecule has 0 radical (unpaired) electrons. The number of nitrogens with one attached hydrogen (secondary N) is 2. The number of amides is 1. The monoisotopic (exact) mass is 359 g/mol. The van der Waals surface area contributed by atoms with Crippen LogP contribution < -0.4 is 10.6 Å². The fraction of sp³-hybridized carbons (Fsp3) is 0.368. The first-order valence-electron chi connectivity index (χ1n) is 8.54. The average Bonchev–Trinajstić information content (AvgIpc) is 2.64. The Morgan fingerprint density at radius 2 is 2.08 bits per heavy atom. The third kappa shape index (κ3) is 5.44. The molecule has 0 spiro atoms. The number of ether oxygens (including phenoxy) is 1. The zero-order valence-corrected chi connectivity index (χ0v) is 14.8. The number of halogens is 1. The summed E-state index contributed by atoms with van der Waals surface area (Å²) in [5.41, 5.74) is 1.90. The standard InChI is InChI=1S/C19H22ClN3O2/c20-16-3-1-2-14(12-16)6-9-21-18-5-4-17(13-22-18)23-19(24)15-7-10-25-11-8-15/h1-5,12-13,15H,6-11H2,(H,21,22)(H,23,24). The van der Waals surface area contributed by atoms with Crippen LogP contribution in [0.25, 0.3) is 0 Å². The second-order valence-electron chi connectivity index (χ2n) is 6.11. The van der Waals surface area contributed by atoms with Crippen molar-refractivity contribution in [2.75, 3.05) is 30.4 Å². The number of hydrogen-bond donors (Lipinski definition) is 2. The third-order valence-electron chi connectivity index (χ3n) is 4.23. The van der Waals surface area contributed by atoms with Crippen LogP contribution >= 0.6 is 11.6 Å². The second-order valence-corrected chi connectivity index (χ2v) is 6.55. The van der Waals surface area contributed by atoms with Gasteiger partial charge in [0, 0.05) is 30.7 Å². The van der Waals surface area contributed by atoms with E-state index in [-0.39, 0.29) is 11.8 Å². The highest BCUT2D eigenvalue weighted by Crippen LogP contribution is 2.18. The van der Waals surface area contributed by atoms with Crippen molar-refractivity contribution < 1.29 is 9.53 Å². The fourth-order valence-corrected chi connectivity index (χ4v) is 3.02. The van der Waals surface area contributed by atoms with E-state index in [0.29, 0.717) is 13.2 Å². The van der Waals surface area contributed by atoms with Crippen LogP contribution in [-0.4, -0.2) is 30.6 Å². The number of anilines is 2. The number of carbonyl (C=O) groups is 1. The van der Waals surface area contributed by atoms with Crippen LogP contribution in [0, 0.1) is 5.92 Å². The Labute approximate surface area is 152 Å². The number of aromatic nitrogens is 1. The summed E-state index contributed by atoms with van der Waals surface area (Å²) in [7, 11) is 0. The van der Waals surface area contributed by atoms with Gasteiger partial charge in [-0.15, -0.1) is 0 Å². The molecular formula is C19H22ClN3O2. The predicted molar refractivity (Wildman–Crippen MR) is 100 cm³/mol. The highest BCUT2D eigenvalue weighted by atomic mass is 35.5. The number of rotatable bonds is 6. The number of nitrogens with zero attached hydrogens (tertiary/aromatic N) is 1. The summed E-state index contributed by atoms with van der Waals surface area (Å²) >= 11 is 5.98. The molecule has 25 heavy (non-hydrogen) atoms. The molecule has 2 aromatic rings. The summed E-state index contributed by atoms with van der Waals surface area (Å²) in [6, 6.07) is 11.6. The van der Waals surface area contributed by atoms with Gasteiger partial charge in [0.1, 0.15) is 5.82 Å². The second kappa shape index (κ2) is 8.83. The molecule has 1 amide bonds. The molecule has 2 heterocycles. The van der Waals surface area contributed by atoms with Gasteiger partial charge in [-0.1, -0.05) is 23.7 Å². The van der Waals surface area contributed by atoms with Crippen molar-refractivity contribution in [3.63, 3.8) is 0 Å². The van der Waals surface area contributed by atoms with E-state index in [1.165, 1.54) is 5.56 Å². The molecule has 5 nitrogen and oxygen atoms in total. The Morgan fingerprint density at radius 1 is 1.24 bits per heavy atom. The summed E-state index contributed by atoms with van der Waals surface area (Å²) < 4.78 is 5.28. The molecule has 1 saturated heterocycles. The van der Waals surface area contributed by atoms with Crippen molar-refractivity contribution in [1.29, 1.82) is 0 Å². The normalized spacial score (nSPS) is 14.9. The van der Waals surface area contributed by atoms with Gasteiger partial charge in [-0.05, 0) is 49.1 Å². The van der Waals surface area contributed by atoms with Crippen molar-refractivity contribution in [3.8, 4) is 0 Å². The lowest BCUT2D eigenvalue weighted by Gasteiger charge is -2.21. The number of pyridine rings is 1. The van der Waals surface area contributed by atoms with Gasteiger partial charge < -0.3 is 15.4 Å². The molecule has 6 heteroatoms. The van der Waals surface area contributed by atoms with Crippen molar-refractivity contribution in [2.24, 2.45) is 5.92 Å². The lowest BCUT2D eigenvalue weighted by molar-refractivity contribution is -0.122. The SMILES string of the molecule is O=C(Nc1ccc(NCCc2cccc(Cl)c2)nc1)C1CCOCC1. The topological polar surface area (TPSA) is 63.2 Å². The Balaban J connectivity index is 1.46. The van der Waals surface area contributed by atoms with Gasteiger partial charge in [-0.25, -0.2) is 4.98 Å². The number of benzene rings is 1. The van der Waals surface area contributed by atoms with E-state index in [0.717, 1.165) is 42.3 Å². The molecule has 3 rings (SSSR count). The molecular weight excluding hydrogens is 338 g/mol.